The van der Waals surface area contributed by atoms with Crippen LogP contribution in [-0.4, -0.2) is 31.7 Å². The molecule has 0 aromatic carbocycles. The highest BCUT2D eigenvalue weighted by atomic mass is 79.9. The molecule has 1 amide bonds. The molecule has 0 spiro atoms. The summed E-state index contributed by atoms with van der Waals surface area (Å²) < 4.78 is 32.1. The first-order chi connectivity index (χ1) is 10.9. The van der Waals surface area contributed by atoms with Gasteiger partial charge in [0.25, 0.3) is 15.9 Å². The maximum absolute atomic E-state index is 12.4. The van der Waals surface area contributed by atoms with Gasteiger partial charge in [-0.25, -0.2) is 8.42 Å². The second kappa shape index (κ2) is 7.61. The van der Waals surface area contributed by atoms with E-state index in [1.165, 1.54) is 4.31 Å². The van der Waals surface area contributed by atoms with Gasteiger partial charge < -0.3 is 9.73 Å². The minimum absolute atomic E-state index is 0.199. The summed E-state index contributed by atoms with van der Waals surface area (Å²) in [6.07, 6.45) is 0. The van der Waals surface area contributed by atoms with Crippen molar-refractivity contribution >= 4 is 43.2 Å². The third kappa shape index (κ3) is 4.23. The summed E-state index contributed by atoms with van der Waals surface area (Å²) in [4.78, 5) is 12.6. The first kappa shape index (κ1) is 18.2. The molecule has 2 heterocycles. The van der Waals surface area contributed by atoms with Crippen LogP contribution < -0.4 is 5.32 Å². The molecular formula is C14H17BrN2O4S2. The average molecular weight is 421 g/mol. The summed E-state index contributed by atoms with van der Waals surface area (Å²) in [5.41, 5.74) is 0. The van der Waals surface area contributed by atoms with Crippen LogP contribution in [0.15, 0.2) is 37.6 Å². The summed E-state index contributed by atoms with van der Waals surface area (Å²) in [6, 6.07) is 6.47. The first-order valence-corrected chi connectivity index (χ1v) is 10.1. The monoisotopic (exact) mass is 420 g/mol. The zero-order chi connectivity index (χ0) is 17.0. The van der Waals surface area contributed by atoms with E-state index in [4.69, 9.17) is 4.42 Å². The van der Waals surface area contributed by atoms with Crippen molar-refractivity contribution in [3.05, 3.63) is 39.6 Å². The van der Waals surface area contributed by atoms with Crippen LogP contribution >= 0.6 is 27.3 Å². The molecule has 23 heavy (non-hydrogen) atoms. The van der Waals surface area contributed by atoms with E-state index in [1.807, 2.05) is 0 Å². The number of carbonyl (C=O) groups excluding carboxylic acids is 1. The highest BCUT2D eigenvalue weighted by Gasteiger charge is 2.23. The number of carbonyl (C=O) groups is 1. The normalized spacial score (nSPS) is 11.8. The standard InChI is InChI=1S/C14H17BrN2O4S2/c1-3-17(4-2)23(19,20)13-8-5-10(22-13)9-16-14(18)11-6-7-12(15)21-11/h5-8H,3-4,9H2,1-2H3,(H,16,18). The fourth-order valence-corrected chi connectivity index (χ4v) is 5.19. The van der Waals surface area contributed by atoms with E-state index in [0.29, 0.717) is 17.8 Å². The van der Waals surface area contributed by atoms with Crippen molar-refractivity contribution in [2.75, 3.05) is 13.1 Å². The van der Waals surface area contributed by atoms with Gasteiger partial charge in [0.05, 0.1) is 6.54 Å². The number of nitrogens with one attached hydrogen (secondary N) is 1. The second-order valence-corrected chi connectivity index (χ2v) is 8.71. The first-order valence-electron chi connectivity index (χ1n) is 7.00. The molecule has 0 saturated carbocycles. The molecule has 0 atom stereocenters. The molecule has 0 aliphatic carbocycles. The van der Waals surface area contributed by atoms with Crippen LogP contribution in [0.1, 0.15) is 29.3 Å². The lowest BCUT2D eigenvalue weighted by Gasteiger charge is -2.16. The molecule has 0 bridgehead atoms. The van der Waals surface area contributed by atoms with Gasteiger partial charge in [0, 0.05) is 18.0 Å². The van der Waals surface area contributed by atoms with Crippen molar-refractivity contribution in [1.82, 2.24) is 9.62 Å². The molecule has 0 aliphatic heterocycles. The minimum atomic E-state index is -3.45. The Morgan fingerprint density at radius 3 is 2.52 bits per heavy atom. The summed E-state index contributed by atoms with van der Waals surface area (Å²) >= 11 is 4.29. The zero-order valence-corrected chi connectivity index (χ0v) is 15.9. The number of amides is 1. The van der Waals surface area contributed by atoms with Gasteiger partial charge in [-0.05, 0) is 40.2 Å². The largest absolute Gasteiger partial charge is 0.444 e. The third-order valence-electron chi connectivity index (χ3n) is 3.16. The van der Waals surface area contributed by atoms with Gasteiger partial charge in [0.1, 0.15) is 4.21 Å². The van der Waals surface area contributed by atoms with E-state index in [0.717, 1.165) is 16.2 Å². The lowest BCUT2D eigenvalue weighted by Crippen LogP contribution is -2.29. The Labute approximate surface area is 147 Å². The number of hydrogen-bond acceptors (Lipinski definition) is 5. The van der Waals surface area contributed by atoms with Crippen molar-refractivity contribution in [2.24, 2.45) is 0 Å². The average Bonchev–Trinajstić information content (AvgIpc) is 3.15. The number of hydrogen-bond donors (Lipinski definition) is 1. The Hall–Kier alpha value is -1.16. The van der Waals surface area contributed by atoms with Gasteiger partial charge in [-0.1, -0.05) is 13.8 Å². The molecule has 2 aromatic rings. The van der Waals surface area contributed by atoms with Gasteiger partial charge in [0.2, 0.25) is 0 Å². The van der Waals surface area contributed by atoms with Crippen molar-refractivity contribution < 1.29 is 17.6 Å². The summed E-state index contributed by atoms with van der Waals surface area (Å²) in [5, 5.41) is 2.70. The van der Waals surface area contributed by atoms with Crippen LogP contribution in [0.3, 0.4) is 0 Å². The number of nitrogens with zero attached hydrogens (tertiary/aromatic N) is 1. The molecule has 0 radical (unpaired) electrons. The van der Waals surface area contributed by atoms with Gasteiger partial charge in [-0.15, -0.1) is 11.3 Å². The molecule has 2 rings (SSSR count). The van der Waals surface area contributed by atoms with Crippen molar-refractivity contribution in [2.45, 2.75) is 24.6 Å². The predicted octanol–water partition coefficient (Wildman–Crippen LogP) is 3.06. The van der Waals surface area contributed by atoms with Crippen molar-refractivity contribution in [3.63, 3.8) is 0 Å². The molecule has 0 fully saturated rings. The molecule has 9 heteroatoms. The molecule has 2 aromatic heterocycles. The van der Waals surface area contributed by atoms with Crippen LogP contribution in [0.5, 0.6) is 0 Å². The maximum atomic E-state index is 12.4. The van der Waals surface area contributed by atoms with E-state index >= 15 is 0 Å². The quantitative estimate of drug-likeness (QED) is 0.745. The maximum Gasteiger partial charge on any atom is 0.287 e. The molecular weight excluding hydrogens is 404 g/mol. The number of halogens is 1. The molecule has 0 aliphatic rings. The van der Waals surface area contributed by atoms with Crippen LogP contribution in [-0.2, 0) is 16.6 Å². The van der Waals surface area contributed by atoms with Gasteiger partial charge in [0.15, 0.2) is 10.4 Å². The van der Waals surface area contributed by atoms with Crippen molar-refractivity contribution in [1.29, 1.82) is 0 Å². The zero-order valence-electron chi connectivity index (χ0n) is 12.7. The Bertz CT molecular complexity index is 778. The fourth-order valence-electron chi connectivity index (χ4n) is 1.97. The fraction of sp³-hybridized carbons (Fsp3) is 0.357. The molecule has 0 unspecified atom stereocenters. The Kier molecular flexibility index (Phi) is 6.01. The molecule has 126 valence electrons. The Morgan fingerprint density at radius 2 is 1.96 bits per heavy atom. The number of sulfonamides is 1. The summed E-state index contributed by atoms with van der Waals surface area (Å²) in [7, 11) is -3.45. The Balaban J connectivity index is 2.04. The van der Waals surface area contributed by atoms with E-state index in [2.05, 4.69) is 21.2 Å². The Morgan fingerprint density at radius 1 is 1.26 bits per heavy atom. The van der Waals surface area contributed by atoms with E-state index < -0.39 is 10.0 Å². The lowest BCUT2D eigenvalue weighted by atomic mass is 10.4. The number of rotatable bonds is 7. The molecule has 0 saturated heterocycles. The SMILES string of the molecule is CCN(CC)S(=O)(=O)c1ccc(CNC(=O)c2ccc(Br)o2)s1. The number of furan rings is 1. The second-order valence-electron chi connectivity index (χ2n) is 4.60. The molecule has 6 nitrogen and oxygen atoms in total. The highest BCUT2D eigenvalue weighted by Crippen LogP contribution is 2.25. The van der Waals surface area contributed by atoms with Crippen molar-refractivity contribution in [3.8, 4) is 0 Å². The molecule has 1 N–H and O–H groups in total. The minimum Gasteiger partial charge on any atom is -0.444 e. The van der Waals surface area contributed by atoms with Crippen LogP contribution in [0.4, 0.5) is 0 Å². The lowest BCUT2D eigenvalue weighted by molar-refractivity contribution is 0.0922. The van der Waals surface area contributed by atoms with E-state index in [-0.39, 0.29) is 22.4 Å². The van der Waals surface area contributed by atoms with Gasteiger partial charge in [-0.2, -0.15) is 4.31 Å². The van der Waals surface area contributed by atoms with Gasteiger partial charge >= 0.3 is 0 Å². The van der Waals surface area contributed by atoms with E-state index in [9.17, 15) is 13.2 Å². The van der Waals surface area contributed by atoms with Crippen LogP contribution in [0.2, 0.25) is 0 Å². The van der Waals surface area contributed by atoms with Crippen LogP contribution in [0.25, 0.3) is 0 Å². The predicted molar refractivity (Wildman–Crippen MR) is 92.0 cm³/mol. The third-order valence-corrected chi connectivity index (χ3v) is 7.19. The van der Waals surface area contributed by atoms with Crippen LogP contribution in [0, 0.1) is 0 Å². The highest BCUT2D eigenvalue weighted by molar-refractivity contribution is 9.10. The van der Waals surface area contributed by atoms with Gasteiger partial charge in [-0.3, -0.25) is 4.79 Å². The topological polar surface area (TPSA) is 79.6 Å². The summed E-state index contributed by atoms with van der Waals surface area (Å²) in [6.45, 7) is 4.70. The summed E-state index contributed by atoms with van der Waals surface area (Å²) in [5.74, 6) is -0.151. The smallest absolute Gasteiger partial charge is 0.287 e. The van der Waals surface area contributed by atoms with E-state index in [1.54, 1.807) is 38.1 Å². The number of thiophene rings is 1.